The normalized spacial score (nSPS) is 10.8. The van der Waals surface area contributed by atoms with Gasteiger partial charge < -0.3 is 17.8 Å². The molecule has 0 unspecified atom stereocenters. The molecule has 0 aliphatic carbocycles. The van der Waals surface area contributed by atoms with Crippen LogP contribution in [-0.2, 0) is 0 Å². The molecule has 0 N–H and O–H groups in total. The molecule has 0 aliphatic heterocycles. The number of rotatable bonds is 2. The minimum absolute atomic E-state index is 0. The zero-order valence-electron chi connectivity index (χ0n) is 8.77. The molecule has 1 aromatic carbocycles. The molecular weight excluding hydrogens is 236 g/mol. The SMILES string of the molecule is CN(C)c1ccc([B-](F)(F)F)c(F)c1.[K+]. The van der Waals surface area contributed by atoms with E-state index < -0.39 is 18.3 Å². The van der Waals surface area contributed by atoms with Gasteiger partial charge in [-0.1, -0.05) is 11.5 Å². The van der Waals surface area contributed by atoms with Crippen LogP contribution in [0.4, 0.5) is 23.0 Å². The van der Waals surface area contributed by atoms with Crippen LogP contribution >= 0.6 is 0 Å². The predicted molar refractivity (Wildman–Crippen MR) is 49.4 cm³/mol. The van der Waals surface area contributed by atoms with Crippen LogP contribution in [-0.4, -0.2) is 21.1 Å². The second-order valence-corrected chi connectivity index (χ2v) is 3.18. The Bertz CT molecular complexity index is 340. The summed E-state index contributed by atoms with van der Waals surface area (Å²) in [5, 5.41) is 0. The van der Waals surface area contributed by atoms with Crippen LogP contribution in [0.2, 0.25) is 0 Å². The molecule has 0 saturated carbocycles. The molecule has 7 heteroatoms. The maximum absolute atomic E-state index is 13.0. The van der Waals surface area contributed by atoms with Crippen molar-refractivity contribution in [3.63, 3.8) is 0 Å². The zero-order valence-corrected chi connectivity index (χ0v) is 11.9. The Hall–Kier alpha value is 0.441. The molecular formula is C8H9BF4KN. The van der Waals surface area contributed by atoms with Crippen LogP contribution in [0, 0.1) is 5.82 Å². The molecule has 1 rings (SSSR count). The number of nitrogens with zero attached hydrogens (tertiary/aromatic N) is 1. The number of hydrogen-bond donors (Lipinski definition) is 0. The Kier molecular flexibility index (Phi) is 5.84. The van der Waals surface area contributed by atoms with Gasteiger partial charge >= 0.3 is 58.4 Å². The Morgan fingerprint density at radius 2 is 1.67 bits per heavy atom. The van der Waals surface area contributed by atoms with Gasteiger partial charge in [0.2, 0.25) is 0 Å². The summed E-state index contributed by atoms with van der Waals surface area (Å²) < 4.78 is 49.5. The van der Waals surface area contributed by atoms with E-state index in [1.807, 2.05) is 0 Å². The Morgan fingerprint density at radius 3 is 2.00 bits per heavy atom. The van der Waals surface area contributed by atoms with Crippen LogP contribution < -0.4 is 61.7 Å². The third kappa shape index (κ3) is 4.07. The second-order valence-electron chi connectivity index (χ2n) is 3.18. The Labute approximate surface area is 128 Å². The van der Waals surface area contributed by atoms with Crippen LogP contribution in [0.15, 0.2) is 18.2 Å². The molecule has 0 bridgehead atoms. The monoisotopic (exact) mass is 245 g/mol. The molecule has 15 heavy (non-hydrogen) atoms. The van der Waals surface area contributed by atoms with Gasteiger partial charge in [-0.25, -0.2) is 4.39 Å². The van der Waals surface area contributed by atoms with Crippen molar-refractivity contribution in [2.24, 2.45) is 0 Å². The molecule has 0 amide bonds. The van der Waals surface area contributed by atoms with Crippen molar-refractivity contribution in [1.29, 1.82) is 0 Å². The summed E-state index contributed by atoms with van der Waals surface area (Å²) in [6.07, 6.45) is 0. The van der Waals surface area contributed by atoms with Crippen LogP contribution in [0.1, 0.15) is 0 Å². The van der Waals surface area contributed by atoms with Crippen molar-refractivity contribution in [1.82, 2.24) is 0 Å². The van der Waals surface area contributed by atoms with E-state index >= 15 is 0 Å². The van der Waals surface area contributed by atoms with E-state index in [9.17, 15) is 17.3 Å². The van der Waals surface area contributed by atoms with Crippen molar-refractivity contribution < 1.29 is 68.7 Å². The van der Waals surface area contributed by atoms with E-state index in [2.05, 4.69) is 0 Å². The van der Waals surface area contributed by atoms with Crippen molar-refractivity contribution in [3.05, 3.63) is 24.0 Å². The molecule has 0 atom stereocenters. The smallest absolute Gasteiger partial charge is 0.445 e. The first-order chi connectivity index (χ1) is 6.32. The van der Waals surface area contributed by atoms with E-state index in [0.717, 1.165) is 12.1 Å². The molecule has 0 aliphatic rings. The first-order valence-corrected chi connectivity index (χ1v) is 3.99. The standard InChI is InChI=1S/C8H9BF4N.K/c1-14(2)6-3-4-7(8(10)5-6)9(11,12)13;/h3-5H,1-2H3;/q-1;+1. The summed E-state index contributed by atoms with van der Waals surface area (Å²) in [6, 6.07) is 2.89. The van der Waals surface area contributed by atoms with Gasteiger partial charge in [0.1, 0.15) is 0 Å². The average Bonchev–Trinajstić information content (AvgIpc) is 2.01. The topological polar surface area (TPSA) is 3.24 Å². The number of anilines is 1. The van der Waals surface area contributed by atoms with Gasteiger partial charge in [-0.15, -0.1) is 0 Å². The summed E-state index contributed by atoms with van der Waals surface area (Å²) in [7, 11) is 3.26. The third-order valence-electron chi connectivity index (χ3n) is 1.85. The number of halogens is 4. The minimum Gasteiger partial charge on any atom is -0.445 e. The molecule has 0 spiro atoms. The predicted octanol–water partition coefficient (Wildman–Crippen LogP) is -1.05. The second kappa shape index (κ2) is 5.68. The molecule has 0 fully saturated rings. The van der Waals surface area contributed by atoms with E-state index in [-0.39, 0.29) is 51.4 Å². The maximum atomic E-state index is 13.0. The summed E-state index contributed by atoms with van der Waals surface area (Å²) in [5.74, 6) is -1.22. The van der Waals surface area contributed by atoms with Gasteiger partial charge in [-0.2, -0.15) is 0 Å². The average molecular weight is 245 g/mol. The van der Waals surface area contributed by atoms with Crippen molar-refractivity contribution in [2.45, 2.75) is 0 Å². The first-order valence-electron chi connectivity index (χ1n) is 3.99. The number of benzene rings is 1. The molecule has 0 heterocycles. The summed E-state index contributed by atoms with van der Waals surface area (Å²) in [4.78, 5) is 1.54. The van der Waals surface area contributed by atoms with E-state index in [4.69, 9.17) is 0 Å². The van der Waals surface area contributed by atoms with Crippen LogP contribution in [0.25, 0.3) is 0 Å². The van der Waals surface area contributed by atoms with Crippen LogP contribution in [0.3, 0.4) is 0 Å². The van der Waals surface area contributed by atoms with E-state index in [1.54, 1.807) is 14.1 Å². The Morgan fingerprint density at radius 1 is 1.13 bits per heavy atom. The van der Waals surface area contributed by atoms with Crippen molar-refractivity contribution in [3.8, 4) is 0 Å². The molecule has 1 nitrogen and oxygen atoms in total. The van der Waals surface area contributed by atoms with Crippen molar-refractivity contribution >= 4 is 18.1 Å². The minimum atomic E-state index is -5.26. The molecule has 0 saturated heterocycles. The van der Waals surface area contributed by atoms with Gasteiger partial charge in [0.25, 0.3) is 0 Å². The first kappa shape index (κ1) is 15.4. The third-order valence-corrected chi connectivity index (χ3v) is 1.85. The van der Waals surface area contributed by atoms with Gasteiger partial charge in [0.15, 0.2) is 0 Å². The Balaban J connectivity index is 0.00000196. The fourth-order valence-corrected chi connectivity index (χ4v) is 1.06. The quantitative estimate of drug-likeness (QED) is 0.474. The molecule has 0 aromatic heterocycles. The summed E-state index contributed by atoms with van der Waals surface area (Å²) in [5.41, 5.74) is -0.762. The van der Waals surface area contributed by atoms with Gasteiger partial charge in [-0.05, 0) is 12.1 Å². The van der Waals surface area contributed by atoms with E-state index in [0.29, 0.717) is 5.69 Å². The van der Waals surface area contributed by atoms with Gasteiger partial charge in [0, 0.05) is 19.8 Å². The fraction of sp³-hybridized carbons (Fsp3) is 0.250. The maximum Gasteiger partial charge on any atom is 1.00 e. The number of hydrogen-bond acceptors (Lipinski definition) is 1. The molecule has 1 aromatic rings. The van der Waals surface area contributed by atoms with Gasteiger partial charge in [-0.3, -0.25) is 0 Å². The van der Waals surface area contributed by atoms with Crippen molar-refractivity contribution in [2.75, 3.05) is 19.0 Å². The summed E-state index contributed by atoms with van der Waals surface area (Å²) in [6.45, 7) is -5.26. The molecule has 0 radical (unpaired) electrons. The van der Waals surface area contributed by atoms with Crippen LogP contribution in [0.5, 0.6) is 0 Å². The zero-order chi connectivity index (χ0) is 10.9. The van der Waals surface area contributed by atoms with E-state index in [1.165, 1.54) is 11.0 Å². The largest absolute Gasteiger partial charge is 1.00 e. The van der Waals surface area contributed by atoms with Gasteiger partial charge in [0.05, 0.1) is 5.82 Å². The summed E-state index contributed by atoms with van der Waals surface area (Å²) >= 11 is 0. The molecule has 78 valence electrons. The fourth-order valence-electron chi connectivity index (χ4n) is 1.06.